The fraction of sp³-hybridized carbons (Fsp3) is 0.333. The molecule has 0 saturated carbocycles. The van der Waals surface area contributed by atoms with Gasteiger partial charge in [-0.15, -0.1) is 0 Å². The maximum absolute atomic E-state index is 11.1. The Bertz CT molecular complexity index is 511. The molecule has 0 aromatic heterocycles. The standard InChI is InChI=1S/C12H13NO6/c1-18-11(14)6-8-3-4-9(7-12(15)19-2)10(5-8)13(16)17/h3-5H,6-7H2,1-2H3. The minimum Gasteiger partial charge on any atom is -0.469 e. The van der Waals surface area contributed by atoms with Gasteiger partial charge >= 0.3 is 11.9 Å². The molecule has 7 heteroatoms. The number of rotatable bonds is 5. The third-order valence-electron chi connectivity index (χ3n) is 2.48. The molecule has 0 radical (unpaired) electrons. The van der Waals surface area contributed by atoms with Crippen LogP contribution in [0.2, 0.25) is 0 Å². The van der Waals surface area contributed by atoms with Crippen molar-refractivity contribution in [3.8, 4) is 0 Å². The number of carbonyl (C=O) groups is 2. The molecule has 1 aromatic rings. The van der Waals surface area contributed by atoms with E-state index >= 15 is 0 Å². The number of ether oxygens (including phenoxy) is 2. The van der Waals surface area contributed by atoms with E-state index in [9.17, 15) is 19.7 Å². The molecule has 0 unspecified atom stereocenters. The van der Waals surface area contributed by atoms with Crippen LogP contribution < -0.4 is 0 Å². The summed E-state index contributed by atoms with van der Waals surface area (Å²) >= 11 is 0. The largest absolute Gasteiger partial charge is 0.469 e. The second kappa shape index (κ2) is 6.48. The molecule has 0 atom stereocenters. The smallest absolute Gasteiger partial charge is 0.310 e. The van der Waals surface area contributed by atoms with Gasteiger partial charge in [-0.3, -0.25) is 19.7 Å². The molecule has 1 aromatic carbocycles. The summed E-state index contributed by atoms with van der Waals surface area (Å²) in [7, 11) is 2.45. The van der Waals surface area contributed by atoms with Crippen LogP contribution in [-0.2, 0) is 31.9 Å². The molecule has 0 saturated heterocycles. The summed E-state index contributed by atoms with van der Waals surface area (Å²) in [5.41, 5.74) is 0.476. The van der Waals surface area contributed by atoms with Crippen LogP contribution in [0.15, 0.2) is 18.2 Å². The van der Waals surface area contributed by atoms with Crippen LogP contribution in [0.4, 0.5) is 5.69 Å². The van der Waals surface area contributed by atoms with Gasteiger partial charge in [0.1, 0.15) is 0 Å². The second-order valence-electron chi connectivity index (χ2n) is 3.73. The number of carbonyl (C=O) groups excluding carboxylic acids is 2. The fourth-order valence-electron chi connectivity index (χ4n) is 1.51. The van der Waals surface area contributed by atoms with E-state index in [4.69, 9.17) is 0 Å². The van der Waals surface area contributed by atoms with Crippen molar-refractivity contribution in [3.63, 3.8) is 0 Å². The Morgan fingerprint density at radius 1 is 1.16 bits per heavy atom. The molecule has 0 aliphatic rings. The van der Waals surface area contributed by atoms with Crippen molar-refractivity contribution < 1.29 is 24.0 Å². The zero-order valence-corrected chi connectivity index (χ0v) is 10.5. The number of esters is 2. The van der Waals surface area contributed by atoms with Gasteiger partial charge < -0.3 is 9.47 Å². The molecule has 0 aliphatic heterocycles. The van der Waals surface area contributed by atoms with Crippen molar-refractivity contribution in [2.45, 2.75) is 12.8 Å². The Morgan fingerprint density at radius 3 is 2.26 bits per heavy atom. The average Bonchev–Trinajstić information content (AvgIpc) is 2.39. The number of hydrogen-bond donors (Lipinski definition) is 0. The molecule has 0 N–H and O–H groups in total. The Kier molecular flexibility index (Phi) is 4.99. The first-order valence-electron chi connectivity index (χ1n) is 5.37. The van der Waals surface area contributed by atoms with Crippen LogP contribution in [0.1, 0.15) is 11.1 Å². The molecule has 1 rings (SSSR count). The number of hydrogen-bond acceptors (Lipinski definition) is 6. The van der Waals surface area contributed by atoms with Crippen LogP contribution in [0.3, 0.4) is 0 Å². The SMILES string of the molecule is COC(=O)Cc1ccc(CC(=O)OC)c([N+](=O)[O-])c1. The van der Waals surface area contributed by atoms with E-state index in [0.29, 0.717) is 5.56 Å². The van der Waals surface area contributed by atoms with Gasteiger partial charge in [-0.25, -0.2) is 0 Å². The summed E-state index contributed by atoms with van der Waals surface area (Å²) in [5, 5.41) is 10.9. The van der Waals surface area contributed by atoms with Gasteiger partial charge in [-0.1, -0.05) is 12.1 Å². The zero-order valence-electron chi connectivity index (χ0n) is 10.5. The molecule has 0 amide bonds. The molecule has 0 fully saturated rings. The van der Waals surface area contributed by atoms with Crippen LogP contribution in [0, 0.1) is 10.1 Å². The molecule has 0 spiro atoms. The number of methoxy groups -OCH3 is 2. The van der Waals surface area contributed by atoms with E-state index < -0.39 is 16.9 Å². The van der Waals surface area contributed by atoms with Gasteiger partial charge in [-0.2, -0.15) is 0 Å². The minimum absolute atomic E-state index is 0.0597. The van der Waals surface area contributed by atoms with Gasteiger partial charge in [0.05, 0.1) is 32.0 Å². The van der Waals surface area contributed by atoms with E-state index in [1.54, 1.807) is 6.07 Å². The van der Waals surface area contributed by atoms with Gasteiger partial charge in [0.15, 0.2) is 0 Å². The predicted molar refractivity (Wildman–Crippen MR) is 64.5 cm³/mol. The molecule has 0 aliphatic carbocycles. The summed E-state index contributed by atoms with van der Waals surface area (Å²) in [6.45, 7) is 0. The summed E-state index contributed by atoms with van der Waals surface area (Å²) in [5.74, 6) is -1.06. The summed E-state index contributed by atoms with van der Waals surface area (Å²) in [6.07, 6.45) is -0.249. The van der Waals surface area contributed by atoms with E-state index in [2.05, 4.69) is 9.47 Å². The molecule has 102 valence electrons. The number of nitro groups is 1. The maximum Gasteiger partial charge on any atom is 0.310 e. The lowest BCUT2D eigenvalue weighted by Crippen LogP contribution is -2.09. The Hall–Kier alpha value is -2.44. The first-order valence-corrected chi connectivity index (χ1v) is 5.37. The molecule has 19 heavy (non-hydrogen) atoms. The van der Waals surface area contributed by atoms with E-state index in [1.165, 1.54) is 26.4 Å². The lowest BCUT2D eigenvalue weighted by molar-refractivity contribution is -0.385. The highest BCUT2D eigenvalue weighted by Gasteiger charge is 2.18. The second-order valence-corrected chi connectivity index (χ2v) is 3.73. The molecule has 7 nitrogen and oxygen atoms in total. The fourth-order valence-corrected chi connectivity index (χ4v) is 1.51. The summed E-state index contributed by atoms with van der Waals surface area (Å²) < 4.78 is 8.95. The van der Waals surface area contributed by atoms with E-state index in [1.807, 2.05) is 0 Å². The predicted octanol–water partition coefficient (Wildman–Crippen LogP) is 1.03. The van der Waals surface area contributed by atoms with Crippen LogP contribution in [-0.4, -0.2) is 31.1 Å². The van der Waals surface area contributed by atoms with Crippen molar-refractivity contribution >= 4 is 17.6 Å². The van der Waals surface area contributed by atoms with Gasteiger partial charge in [-0.05, 0) is 5.56 Å². The third-order valence-corrected chi connectivity index (χ3v) is 2.48. The maximum atomic E-state index is 11.1. The monoisotopic (exact) mass is 267 g/mol. The number of nitrogens with zero attached hydrogens (tertiary/aromatic N) is 1. The normalized spacial score (nSPS) is 9.79. The topological polar surface area (TPSA) is 95.7 Å². The molecular formula is C12H13NO6. The van der Waals surface area contributed by atoms with Crippen LogP contribution in [0.25, 0.3) is 0 Å². The van der Waals surface area contributed by atoms with Crippen molar-refractivity contribution in [2.24, 2.45) is 0 Å². The van der Waals surface area contributed by atoms with Crippen molar-refractivity contribution in [1.82, 2.24) is 0 Å². The highest BCUT2D eigenvalue weighted by atomic mass is 16.6. The minimum atomic E-state index is -0.598. The van der Waals surface area contributed by atoms with Crippen molar-refractivity contribution in [1.29, 1.82) is 0 Å². The van der Waals surface area contributed by atoms with Crippen LogP contribution in [0.5, 0.6) is 0 Å². The average molecular weight is 267 g/mol. The number of benzene rings is 1. The molecular weight excluding hydrogens is 254 g/mol. The first-order chi connectivity index (χ1) is 8.97. The highest BCUT2D eigenvalue weighted by Crippen LogP contribution is 2.21. The third kappa shape index (κ3) is 4.06. The Labute approximate surface area is 109 Å². The molecule has 0 bridgehead atoms. The number of nitro benzene ring substituents is 1. The quantitative estimate of drug-likeness (QED) is 0.449. The van der Waals surface area contributed by atoms with E-state index in [-0.39, 0.29) is 24.1 Å². The van der Waals surface area contributed by atoms with Crippen molar-refractivity contribution in [3.05, 3.63) is 39.4 Å². The van der Waals surface area contributed by atoms with Crippen LogP contribution >= 0.6 is 0 Å². The lowest BCUT2D eigenvalue weighted by atomic mass is 10.0. The summed E-state index contributed by atoms with van der Waals surface area (Å²) in [6, 6.07) is 4.24. The Morgan fingerprint density at radius 2 is 1.74 bits per heavy atom. The molecule has 0 heterocycles. The highest BCUT2D eigenvalue weighted by molar-refractivity contribution is 5.75. The van der Waals surface area contributed by atoms with Gasteiger partial charge in [0, 0.05) is 11.6 Å². The summed E-state index contributed by atoms with van der Waals surface area (Å²) in [4.78, 5) is 32.6. The van der Waals surface area contributed by atoms with E-state index in [0.717, 1.165) is 0 Å². The van der Waals surface area contributed by atoms with Crippen molar-refractivity contribution in [2.75, 3.05) is 14.2 Å². The van der Waals surface area contributed by atoms with Gasteiger partial charge in [0.2, 0.25) is 0 Å². The first kappa shape index (κ1) is 14.6. The Balaban J connectivity index is 3.04. The lowest BCUT2D eigenvalue weighted by Gasteiger charge is -2.05. The zero-order chi connectivity index (χ0) is 14.4. The van der Waals surface area contributed by atoms with Gasteiger partial charge in [0.25, 0.3) is 5.69 Å².